The minimum atomic E-state index is 0.182. The predicted molar refractivity (Wildman–Crippen MR) is 65.6 cm³/mol. The van der Waals surface area contributed by atoms with E-state index in [0.717, 1.165) is 9.99 Å². The summed E-state index contributed by atoms with van der Waals surface area (Å²) in [6.07, 6.45) is 3.66. The average Bonchev–Trinajstić information content (AvgIpc) is 2.60. The van der Waals surface area contributed by atoms with Gasteiger partial charge in [0.15, 0.2) is 0 Å². The van der Waals surface area contributed by atoms with Crippen LogP contribution in [0.25, 0.3) is 5.52 Å². The molecule has 0 aromatic carbocycles. The molecule has 6 heteroatoms. The van der Waals surface area contributed by atoms with Gasteiger partial charge in [0.25, 0.3) is 0 Å². The molecule has 2 aromatic rings. The zero-order valence-corrected chi connectivity index (χ0v) is 10.7. The molecule has 0 aliphatic rings. The van der Waals surface area contributed by atoms with E-state index in [4.69, 9.17) is 4.74 Å². The van der Waals surface area contributed by atoms with Crippen LogP contribution < -0.4 is 5.32 Å². The fourth-order valence-electron chi connectivity index (χ4n) is 1.45. The van der Waals surface area contributed by atoms with Gasteiger partial charge in [0.05, 0.1) is 18.3 Å². The molecule has 0 aliphatic heterocycles. The molecule has 0 fully saturated rings. The molecule has 2 heterocycles. The van der Waals surface area contributed by atoms with Crippen LogP contribution in [0.2, 0.25) is 0 Å². The summed E-state index contributed by atoms with van der Waals surface area (Å²) in [5.41, 5.74) is 0.949. The van der Waals surface area contributed by atoms with E-state index in [1.807, 2.05) is 19.2 Å². The highest BCUT2D eigenvalue weighted by Crippen LogP contribution is 2.17. The fourth-order valence-corrected chi connectivity index (χ4v) is 1.85. The number of aromatic nitrogens is 3. The third-order valence-corrected chi connectivity index (χ3v) is 2.83. The molecule has 5 nitrogen and oxygen atoms in total. The third-order valence-electron chi connectivity index (χ3n) is 2.16. The van der Waals surface area contributed by atoms with Crippen molar-refractivity contribution in [2.75, 3.05) is 19.0 Å². The Morgan fingerprint density at radius 1 is 1.62 bits per heavy atom. The average molecular weight is 285 g/mol. The lowest BCUT2D eigenvalue weighted by Crippen LogP contribution is -2.22. The van der Waals surface area contributed by atoms with Crippen molar-refractivity contribution in [3.8, 4) is 0 Å². The highest BCUT2D eigenvalue weighted by Gasteiger charge is 2.06. The Morgan fingerprint density at radius 2 is 2.44 bits per heavy atom. The van der Waals surface area contributed by atoms with Crippen LogP contribution in [0.5, 0.6) is 0 Å². The standard InChI is InChI=1S/C10H13BrN4O/c1-7(6-16-2)13-10-12-5-9-8(11)3-4-15(9)14-10/h3-5,7H,6H2,1-2H3,(H,13,14)/t7-/m0/s1. The quantitative estimate of drug-likeness (QED) is 0.932. The summed E-state index contributed by atoms with van der Waals surface area (Å²) < 4.78 is 7.80. The fraction of sp³-hybridized carbons (Fsp3) is 0.400. The molecule has 2 rings (SSSR count). The molecular formula is C10H13BrN4O. The molecule has 1 N–H and O–H groups in total. The van der Waals surface area contributed by atoms with E-state index in [1.165, 1.54) is 0 Å². The summed E-state index contributed by atoms with van der Waals surface area (Å²) in [6, 6.07) is 2.12. The smallest absolute Gasteiger partial charge is 0.241 e. The van der Waals surface area contributed by atoms with Crippen LogP contribution >= 0.6 is 15.9 Å². The molecule has 1 atom stereocenters. The monoisotopic (exact) mass is 284 g/mol. The number of ether oxygens (including phenoxy) is 1. The van der Waals surface area contributed by atoms with Crippen LogP contribution in [0.4, 0.5) is 5.95 Å². The number of anilines is 1. The molecule has 0 unspecified atom stereocenters. The molecule has 16 heavy (non-hydrogen) atoms. The van der Waals surface area contributed by atoms with Crippen molar-refractivity contribution >= 4 is 27.4 Å². The summed E-state index contributed by atoms with van der Waals surface area (Å²) in [5.74, 6) is 0.597. The molecule has 0 amide bonds. The van der Waals surface area contributed by atoms with Crippen LogP contribution in [-0.2, 0) is 4.74 Å². The lowest BCUT2D eigenvalue weighted by molar-refractivity contribution is 0.190. The van der Waals surface area contributed by atoms with Crippen LogP contribution in [-0.4, -0.2) is 34.4 Å². The van der Waals surface area contributed by atoms with E-state index in [2.05, 4.69) is 31.3 Å². The summed E-state index contributed by atoms with van der Waals surface area (Å²) in [4.78, 5) is 4.23. The van der Waals surface area contributed by atoms with Gasteiger partial charge in [-0.05, 0) is 28.9 Å². The molecule has 86 valence electrons. The van der Waals surface area contributed by atoms with Gasteiger partial charge in [-0.15, -0.1) is 5.10 Å². The number of nitrogens with zero attached hydrogens (tertiary/aromatic N) is 3. The first-order chi connectivity index (χ1) is 7.70. The summed E-state index contributed by atoms with van der Waals surface area (Å²) >= 11 is 3.43. The third kappa shape index (κ3) is 2.33. The van der Waals surface area contributed by atoms with E-state index >= 15 is 0 Å². The SMILES string of the molecule is COC[C@H](C)Nc1ncc2c(Br)ccn2n1. The Balaban J connectivity index is 2.19. The Kier molecular flexibility index (Phi) is 3.40. The summed E-state index contributed by atoms with van der Waals surface area (Å²) in [5, 5.41) is 7.49. The minimum absolute atomic E-state index is 0.182. The normalized spacial score (nSPS) is 12.9. The molecule has 0 bridgehead atoms. The van der Waals surface area contributed by atoms with Gasteiger partial charge in [0.2, 0.25) is 5.95 Å². The van der Waals surface area contributed by atoms with Crippen molar-refractivity contribution < 1.29 is 4.74 Å². The number of fused-ring (bicyclic) bond motifs is 1. The van der Waals surface area contributed by atoms with Crippen LogP contribution in [0, 0.1) is 0 Å². The van der Waals surface area contributed by atoms with Crippen LogP contribution in [0.3, 0.4) is 0 Å². The van der Waals surface area contributed by atoms with Crippen molar-refractivity contribution in [1.29, 1.82) is 0 Å². The maximum absolute atomic E-state index is 5.04. The van der Waals surface area contributed by atoms with Gasteiger partial charge >= 0.3 is 0 Å². The molecule has 2 aromatic heterocycles. The minimum Gasteiger partial charge on any atom is -0.383 e. The molecule has 0 radical (unpaired) electrons. The molecule has 0 saturated carbocycles. The maximum atomic E-state index is 5.04. The molecule has 0 spiro atoms. The van der Waals surface area contributed by atoms with Gasteiger partial charge < -0.3 is 10.1 Å². The zero-order chi connectivity index (χ0) is 11.5. The summed E-state index contributed by atoms with van der Waals surface area (Å²) in [6.45, 7) is 2.64. The Morgan fingerprint density at radius 3 is 3.19 bits per heavy atom. The second-order valence-electron chi connectivity index (χ2n) is 3.58. The van der Waals surface area contributed by atoms with Crippen molar-refractivity contribution in [3.63, 3.8) is 0 Å². The predicted octanol–water partition coefficient (Wildman–Crippen LogP) is 1.94. The number of rotatable bonds is 4. The van der Waals surface area contributed by atoms with Crippen LogP contribution in [0.15, 0.2) is 22.9 Å². The second kappa shape index (κ2) is 4.80. The van der Waals surface area contributed by atoms with Gasteiger partial charge in [-0.2, -0.15) is 0 Å². The van der Waals surface area contributed by atoms with E-state index < -0.39 is 0 Å². The van der Waals surface area contributed by atoms with E-state index in [1.54, 1.807) is 17.8 Å². The largest absolute Gasteiger partial charge is 0.383 e. The first kappa shape index (κ1) is 11.3. The van der Waals surface area contributed by atoms with Gasteiger partial charge in [-0.25, -0.2) is 9.50 Å². The van der Waals surface area contributed by atoms with Crippen molar-refractivity contribution in [3.05, 3.63) is 22.9 Å². The van der Waals surface area contributed by atoms with Gasteiger partial charge in [-0.1, -0.05) is 0 Å². The van der Waals surface area contributed by atoms with E-state index in [9.17, 15) is 0 Å². The first-order valence-corrected chi connectivity index (χ1v) is 5.75. The maximum Gasteiger partial charge on any atom is 0.241 e. The van der Waals surface area contributed by atoms with Crippen molar-refractivity contribution in [1.82, 2.24) is 14.6 Å². The number of halogens is 1. The van der Waals surface area contributed by atoms with E-state index in [0.29, 0.717) is 12.6 Å². The molecular weight excluding hydrogens is 272 g/mol. The van der Waals surface area contributed by atoms with Gasteiger partial charge in [0.1, 0.15) is 0 Å². The number of hydrogen-bond donors (Lipinski definition) is 1. The van der Waals surface area contributed by atoms with Gasteiger partial charge in [-0.3, -0.25) is 0 Å². The number of nitrogens with one attached hydrogen (secondary N) is 1. The Bertz CT molecular complexity index is 485. The molecule has 0 aliphatic carbocycles. The lowest BCUT2D eigenvalue weighted by atomic mass is 10.4. The molecule has 0 saturated heterocycles. The van der Waals surface area contributed by atoms with Crippen molar-refractivity contribution in [2.24, 2.45) is 0 Å². The lowest BCUT2D eigenvalue weighted by Gasteiger charge is -2.12. The van der Waals surface area contributed by atoms with Crippen molar-refractivity contribution in [2.45, 2.75) is 13.0 Å². The highest BCUT2D eigenvalue weighted by molar-refractivity contribution is 9.10. The zero-order valence-electron chi connectivity index (χ0n) is 9.14. The first-order valence-electron chi connectivity index (χ1n) is 4.96. The van der Waals surface area contributed by atoms with E-state index in [-0.39, 0.29) is 6.04 Å². The Labute approximate surface area is 102 Å². The Hall–Kier alpha value is -1.14. The topological polar surface area (TPSA) is 51.5 Å². The number of hydrogen-bond acceptors (Lipinski definition) is 4. The second-order valence-corrected chi connectivity index (χ2v) is 4.43. The van der Waals surface area contributed by atoms with Gasteiger partial charge in [0, 0.05) is 23.8 Å². The van der Waals surface area contributed by atoms with Crippen LogP contribution in [0.1, 0.15) is 6.92 Å². The number of methoxy groups -OCH3 is 1. The summed E-state index contributed by atoms with van der Waals surface area (Å²) in [7, 11) is 1.67. The highest BCUT2D eigenvalue weighted by atomic mass is 79.9.